The molecule has 0 aliphatic carbocycles. The minimum atomic E-state index is -0.612. The molecule has 6 heterocycles. The van der Waals surface area contributed by atoms with Crippen molar-refractivity contribution in [2.75, 3.05) is 66.4 Å². The number of nitrogens with zero attached hydrogens (tertiary/aromatic N) is 10. The summed E-state index contributed by atoms with van der Waals surface area (Å²) in [6.07, 6.45) is 18.0. The van der Waals surface area contributed by atoms with Gasteiger partial charge < -0.3 is 67.4 Å². The van der Waals surface area contributed by atoms with E-state index in [1.54, 1.807) is 116 Å². The molecule has 1 amide bonds. The number of halogens is 1. The molecule has 1 saturated heterocycles. The quantitative estimate of drug-likeness (QED) is 0.0138. The van der Waals surface area contributed by atoms with Crippen molar-refractivity contribution in [3.63, 3.8) is 0 Å². The Morgan fingerprint density at radius 1 is 0.365 bits per heavy atom. The van der Waals surface area contributed by atoms with E-state index in [-0.39, 0.29) is 46.9 Å². The predicted octanol–water partition coefficient (Wildman–Crippen LogP) is 25.0. The Hall–Kier alpha value is -17.9. The Bertz CT molecular complexity index is 6620. The second kappa shape index (κ2) is 50.0. The number of allylic oxidation sites excluding steroid dienone is 7. The molecule has 0 unspecified atom stereocenters. The van der Waals surface area contributed by atoms with Crippen LogP contribution in [0.25, 0.3) is 0 Å². The SMILES string of the molecule is C/C=C/C(=O)c1cccc(Nc2nc(Nc3ccccc3)ncc2C)c1.C=CC(=O)Nc1cccc(Nc2nc(Nc3ccc(O[C@@H]4CCOC4)cc3)ncc2F)c1.C=CC(=O)c1cccc(Nc2nc(Nc3ccccc3)ncc2C)c1.CC(C)=CC(=O)c1cccc(Nc2nc(Nc3ccccc3)ncc2C)c1.CC(C)=CC(=O)c1cccc(Oc2nc(Nc3ccccc3)ncc2C)c1. The van der Waals surface area contributed by atoms with E-state index in [9.17, 15) is 28.4 Å². The van der Waals surface area contributed by atoms with Crippen LogP contribution in [-0.4, -0.2) is 98.2 Å². The second-order valence-corrected chi connectivity index (χ2v) is 31.2. The summed E-state index contributed by atoms with van der Waals surface area (Å²) < 4.78 is 31.4. The summed E-state index contributed by atoms with van der Waals surface area (Å²) in [5.74, 6) is 4.82. The van der Waals surface area contributed by atoms with Crippen LogP contribution in [0.15, 0.2) is 359 Å². The number of rotatable bonds is 32. The number of hydrogen-bond donors (Lipinski definition) is 10. The maximum Gasteiger partial charge on any atom is 0.247 e. The van der Waals surface area contributed by atoms with Crippen molar-refractivity contribution in [3.8, 4) is 17.4 Å². The van der Waals surface area contributed by atoms with E-state index < -0.39 is 5.82 Å². The van der Waals surface area contributed by atoms with Gasteiger partial charge in [-0.1, -0.05) is 158 Å². The third kappa shape index (κ3) is 31.4. The van der Waals surface area contributed by atoms with Gasteiger partial charge in [-0.2, -0.15) is 24.9 Å². The molecule has 5 aromatic heterocycles. The van der Waals surface area contributed by atoms with Gasteiger partial charge in [-0.3, -0.25) is 24.0 Å². The maximum absolute atomic E-state index is 14.3. The number of carbonyl (C=O) groups is 5. The van der Waals surface area contributed by atoms with Crippen molar-refractivity contribution < 1.29 is 42.6 Å². The molecule has 0 saturated carbocycles. The highest BCUT2D eigenvalue weighted by Crippen LogP contribution is 2.32. The van der Waals surface area contributed by atoms with Gasteiger partial charge >= 0.3 is 0 Å². The zero-order valence-electron chi connectivity index (χ0n) is 77.0. The number of aromatic nitrogens is 10. The van der Waals surface area contributed by atoms with Crippen LogP contribution in [0.2, 0.25) is 0 Å². The molecule has 1 atom stereocenters. The lowest BCUT2D eigenvalue weighted by Gasteiger charge is -2.13. The molecule has 0 spiro atoms. The van der Waals surface area contributed by atoms with Crippen LogP contribution in [0, 0.1) is 33.5 Å². The number of nitrogens with one attached hydrogen (secondary N) is 10. The van der Waals surface area contributed by atoms with E-state index >= 15 is 0 Å². The molecule has 1 aliphatic heterocycles. The van der Waals surface area contributed by atoms with Crippen molar-refractivity contribution >= 4 is 139 Å². The molecular formula is C108H103FN20O8. The van der Waals surface area contributed by atoms with Gasteiger partial charge in [-0.25, -0.2) is 29.3 Å². The third-order valence-corrected chi connectivity index (χ3v) is 19.5. The van der Waals surface area contributed by atoms with Gasteiger partial charge in [-0.05, 0) is 232 Å². The first-order valence-corrected chi connectivity index (χ1v) is 43.6. The van der Waals surface area contributed by atoms with E-state index in [0.717, 1.165) is 104 Å². The number of para-hydroxylation sites is 4. The number of ether oxygens (including phenoxy) is 3. The predicted molar refractivity (Wildman–Crippen MR) is 543 cm³/mol. The molecule has 0 radical (unpaired) electrons. The number of hydrogen-bond acceptors (Lipinski definition) is 27. The number of benzene rings is 10. The van der Waals surface area contributed by atoms with Crippen LogP contribution in [0.4, 0.5) is 114 Å². The monoisotopic (exact) mass is 1830 g/mol. The molecule has 10 N–H and O–H groups in total. The van der Waals surface area contributed by atoms with Crippen molar-refractivity contribution in [2.24, 2.45) is 0 Å². The Labute approximate surface area is 794 Å². The standard InChI is InChI=1S/C23H22FN5O3.C22H22N4O.C22H21N3O2.C21H20N4O.C20H18N4O/c1-2-21(30)26-16-4-3-5-17(12-16)27-22-20(24)13-25-23(29-22)28-15-6-8-18(9-7-15)32-19-10-11-31-14-19;1-15(2)12-20(27)17-8-7-11-19(13-17)24-21-16(3)14-23-22(26-21)25-18-9-5-4-6-10-18;1-15(2)12-20(26)17-8-7-11-19(13-17)27-21-16(3)14-23-22(25-21)24-18-9-5-4-6-10-18;1-3-8-19(26)16-9-7-12-18(13-16)23-20-15(2)14-22-21(25-20)24-17-10-5-4-6-11-17;1-3-18(25)15-8-7-11-17(12-15)22-19-14(2)13-21-20(24-19)23-16-9-5-4-6-10-16/h2-9,12-13,19H,1,10-11,14H2,(H,26,30)(H2,25,27,28,29);4-14H,1-3H3,(H2,23,24,25,26);4-14H,1-3H3,(H,23,24,25);3-14H,1-2H3,(H2,22,23,24,25);3-13H,1H2,2H3,(H2,21,22,23,24)/b;;;8-3+;/t19-;;;;/m1..../s1. The van der Waals surface area contributed by atoms with E-state index in [0.29, 0.717) is 93.1 Å². The van der Waals surface area contributed by atoms with E-state index in [1.165, 1.54) is 12.2 Å². The normalized spacial score (nSPS) is 11.4. The molecule has 15 aromatic rings. The Balaban J connectivity index is 0.000000154. The van der Waals surface area contributed by atoms with Gasteiger partial charge in [-0.15, -0.1) is 0 Å². The van der Waals surface area contributed by atoms with Crippen molar-refractivity contribution in [1.29, 1.82) is 0 Å². The highest BCUT2D eigenvalue weighted by molar-refractivity contribution is 6.07. The summed E-state index contributed by atoms with van der Waals surface area (Å²) in [6.45, 7) is 25.3. The molecule has 16 rings (SSSR count). The summed E-state index contributed by atoms with van der Waals surface area (Å²) in [5, 5.41) is 31.1. The maximum atomic E-state index is 14.3. The lowest BCUT2D eigenvalue weighted by atomic mass is 10.1. The molecule has 29 heteroatoms. The Kier molecular flexibility index (Phi) is 35.8. The first-order chi connectivity index (χ1) is 66.4. The summed E-state index contributed by atoms with van der Waals surface area (Å²) in [5.41, 5.74) is 15.7. The van der Waals surface area contributed by atoms with Crippen LogP contribution in [0.3, 0.4) is 0 Å². The zero-order valence-corrected chi connectivity index (χ0v) is 77.0. The summed E-state index contributed by atoms with van der Waals surface area (Å²) in [6, 6.07) is 82.1. The number of carbonyl (C=O) groups excluding carboxylic acids is 5. The Morgan fingerprint density at radius 3 is 1.14 bits per heavy atom. The fourth-order valence-electron chi connectivity index (χ4n) is 12.7. The van der Waals surface area contributed by atoms with Crippen molar-refractivity contribution in [2.45, 2.75) is 74.8 Å². The van der Waals surface area contributed by atoms with Crippen LogP contribution in [-0.2, 0) is 9.53 Å². The van der Waals surface area contributed by atoms with E-state index in [4.69, 9.17) is 14.2 Å². The molecule has 28 nitrogen and oxygen atoms in total. The van der Waals surface area contributed by atoms with E-state index in [1.807, 2.05) is 263 Å². The molecule has 137 heavy (non-hydrogen) atoms. The van der Waals surface area contributed by atoms with Gasteiger partial charge in [0.1, 0.15) is 35.1 Å². The average molecular weight is 1830 g/mol. The topological polar surface area (TPSA) is 362 Å². The molecular weight excluding hydrogens is 1720 g/mol. The fourth-order valence-corrected chi connectivity index (χ4v) is 12.7. The molecule has 690 valence electrons. The number of amides is 1. The van der Waals surface area contributed by atoms with Crippen LogP contribution in [0.1, 0.15) is 105 Å². The van der Waals surface area contributed by atoms with Gasteiger partial charge in [0.05, 0.1) is 19.4 Å². The molecule has 1 fully saturated rings. The van der Waals surface area contributed by atoms with Gasteiger partial charge in [0, 0.05) is 133 Å². The average Bonchev–Trinajstić information content (AvgIpc) is 1.28. The van der Waals surface area contributed by atoms with E-state index in [2.05, 4.69) is 116 Å². The van der Waals surface area contributed by atoms with Crippen LogP contribution >= 0.6 is 0 Å². The van der Waals surface area contributed by atoms with Crippen molar-refractivity contribution in [3.05, 3.63) is 409 Å². The van der Waals surface area contributed by atoms with Crippen LogP contribution in [0.5, 0.6) is 17.4 Å². The Morgan fingerprint density at radius 2 is 0.723 bits per heavy atom. The molecule has 10 aromatic carbocycles. The number of aryl methyl sites for hydroxylation is 4. The summed E-state index contributed by atoms with van der Waals surface area (Å²) in [4.78, 5) is 103. The van der Waals surface area contributed by atoms with Crippen LogP contribution < -0.4 is 62.6 Å². The van der Waals surface area contributed by atoms with Gasteiger partial charge in [0.25, 0.3) is 0 Å². The largest absolute Gasteiger partial charge is 0.488 e. The minimum Gasteiger partial charge on any atom is -0.488 e. The first-order valence-electron chi connectivity index (χ1n) is 43.6. The fraction of sp³-hybridized carbons (Fsp3) is 0.120. The zero-order chi connectivity index (χ0) is 96.8. The highest BCUT2D eigenvalue weighted by atomic mass is 19.1. The third-order valence-electron chi connectivity index (χ3n) is 19.5. The minimum absolute atomic E-state index is 0.00381. The lowest BCUT2D eigenvalue weighted by Crippen LogP contribution is -2.15. The first kappa shape index (κ1) is 98.2. The number of ketones is 4. The second-order valence-electron chi connectivity index (χ2n) is 31.2. The molecule has 1 aliphatic rings. The smallest absolute Gasteiger partial charge is 0.247 e. The summed E-state index contributed by atoms with van der Waals surface area (Å²) >= 11 is 0. The van der Waals surface area contributed by atoms with Crippen molar-refractivity contribution in [1.82, 2.24) is 49.8 Å². The molecule has 0 bridgehead atoms. The highest BCUT2D eigenvalue weighted by Gasteiger charge is 2.19. The van der Waals surface area contributed by atoms with Gasteiger partial charge in [0.15, 0.2) is 34.8 Å². The van der Waals surface area contributed by atoms with Gasteiger partial charge in [0.2, 0.25) is 41.5 Å². The lowest BCUT2D eigenvalue weighted by molar-refractivity contribution is -0.111. The summed E-state index contributed by atoms with van der Waals surface area (Å²) in [7, 11) is 0. The number of anilines is 19.